The van der Waals surface area contributed by atoms with Gasteiger partial charge in [0.2, 0.25) is 0 Å². The van der Waals surface area contributed by atoms with Crippen molar-refractivity contribution >= 4 is 38.7 Å². The maximum Gasteiger partial charge on any atom is 0.309 e. The molecule has 4 N–H and O–H groups in total. The molecule has 3 fully saturated rings. The molecule has 0 saturated carbocycles. The predicted octanol–water partition coefficient (Wildman–Crippen LogP) is 5.46. The highest BCUT2D eigenvalue weighted by Gasteiger charge is 2.56. The Balaban J connectivity index is 1.24. The van der Waals surface area contributed by atoms with Crippen LogP contribution in [0.2, 0.25) is 0 Å². The average Bonchev–Trinajstić information content (AvgIpc) is 4.24. The van der Waals surface area contributed by atoms with E-state index in [4.69, 9.17) is 32.6 Å². The molecule has 0 spiro atoms. The van der Waals surface area contributed by atoms with E-state index >= 15 is 4.39 Å². The number of halogens is 1. The number of Topliss-reactive ketones (excluding diaryl/α,β-unsaturated/α-hetero) is 1. The summed E-state index contributed by atoms with van der Waals surface area (Å²) in [5.74, 6) is -4.89. The molecule has 0 amide bonds. The number of hydrogen-bond donors (Lipinski definition) is 4. The number of ketones is 1. The minimum absolute atomic E-state index is 0.0167. The number of aliphatic imine (C=N–C) groups is 1. The molecule has 23 heteroatoms. The van der Waals surface area contributed by atoms with Crippen LogP contribution in [0.25, 0.3) is 0 Å². The number of esters is 1. The Morgan fingerprint density at radius 3 is 2.21 bits per heavy atom. The lowest BCUT2D eigenvalue weighted by atomic mass is 9.67. The number of alkyl halides is 1. The highest BCUT2D eigenvalue weighted by atomic mass is 32.2. The summed E-state index contributed by atoms with van der Waals surface area (Å²) in [5, 5.41) is 57.0. The van der Waals surface area contributed by atoms with E-state index < -0.39 is 136 Å². The molecule has 1 aromatic heterocycles. The van der Waals surface area contributed by atoms with Crippen molar-refractivity contribution in [3.8, 4) is 0 Å². The lowest BCUT2D eigenvalue weighted by molar-refractivity contribution is -0.305. The highest BCUT2D eigenvalue weighted by Crippen LogP contribution is 2.46. The second-order valence-corrected chi connectivity index (χ2v) is 26.6. The normalized spacial score (nSPS) is 38.9. The first kappa shape index (κ1) is 66.1. The third-order valence-corrected chi connectivity index (χ3v) is 19.7. The van der Waals surface area contributed by atoms with Crippen LogP contribution in [0.5, 0.6) is 0 Å². The van der Waals surface area contributed by atoms with Crippen molar-refractivity contribution in [1.29, 1.82) is 0 Å². The van der Waals surface area contributed by atoms with Gasteiger partial charge in [0.1, 0.15) is 36.4 Å². The fourth-order valence-electron chi connectivity index (χ4n) is 12.9. The van der Waals surface area contributed by atoms with Gasteiger partial charge in [-0.05, 0) is 78.8 Å². The molecule has 0 radical (unpaired) electrons. The molecule has 1 unspecified atom stereocenters. The number of hydrogen-bond acceptors (Lipinski definition) is 20. The van der Waals surface area contributed by atoms with Gasteiger partial charge in [-0.3, -0.25) is 18.8 Å². The first-order valence-electron chi connectivity index (χ1n) is 28.4. The molecular weight excluding hydrogens is 1080 g/mol. The van der Waals surface area contributed by atoms with Gasteiger partial charge < -0.3 is 53.7 Å². The number of carbonyl (C=O) groups excluding carboxylic acids is 2. The van der Waals surface area contributed by atoms with E-state index in [0.717, 1.165) is 22.4 Å². The number of aromatic nitrogens is 3. The van der Waals surface area contributed by atoms with Crippen LogP contribution < -0.4 is 0 Å². The standard InChI is InChI=1S/C57H92FN5O15S2/c1-16-41(37-18-20-38(21-19-37)52-59-40(30-79-52)29-74-80(15,70)71)43(27-58)63-28-39(60-61-63)22-23-62(12)42-24-32(4)75-54(48(42)65)78-51-33(5)46(44-26-55(9,72-13)50(67)36(8)76-44)34(6)53(68)77-45(17-2)57(11,69)49(66)35(7)47(64)31(3)25-56(51,10)73-14/h18-21,28,31-36,40-46,48-51,54,65-67,69H,16-17,22-27,29-30H2,1-15H3/t31-,32-,33+,34-,35+,36+,40-,41-,42+,43-,44?,45-,46+,48-,49-,50+,51-,54+,55-,56-,57-/m1/s1. The van der Waals surface area contributed by atoms with E-state index in [2.05, 4.69) is 15.3 Å². The Labute approximate surface area is 477 Å². The summed E-state index contributed by atoms with van der Waals surface area (Å²) in [4.78, 5) is 35.7. The number of aliphatic hydroxyl groups excluding tert-OH is 3. The van der Waals surface area contributed by atoms with E-state index in [0.29, 0.717) is 37.3 Å². The monoisotopic (exact) mass is 1170 g/mol. The molecule has 1 aromatic carbocycles. The van der Waals surface area contributed by atoms with Gasteiger partial charge in [-0.15, -0.1) is 16.9 Å². The van der Waals surface area contributed by atoms with Gasteiger partial charge in [-0.2, -0.15) is 8.42 Å². The van der Waals surface area contributed by atoms with Gasteiger partial charge in [-0.1, -0.05) is 71.0 Å². The van der Waals surface area contributed by atoms with Gasteiger partial charge in [0.05, 0.1) is 83.3 Å². The van der Waals surface area contributed by atoms with Crippen LogP contribution >= 0.6 is 11.8 Å². The van der Waals surface area contributed by atoms with Crippen molar-refractivity contribution in [3.05, 3.63) is 47.3 Å². The van der Waals surface area contributed by atoms with E-state index in [-0.39, 0.29) is 43.6 Å². The molecule has 80 heavy (non-hydrogen) atoms. The van der Waals surface area contributed by atoms with Crippen molar-refractivity contribution in [1.82, 2.24) is 19.9 Å². The Bertz CT molecular complexity index is 2510. The number of cyclic esters (lactones) is 1. The third kappa shape index (κ3) is 14.9. The van der Waals surface area contributed by atoms with Crippen LogP contribution in [0.3, 0.4) is 0 Å². The Hall–Kier alpha value is -3.04. The summed E-state index contributed by atoms with van der Waals surface area (Å²) in [6, 6.07) is 6.41. The quantitative estimate of drug-likeness (QED) is 0.101. The summed E-state index contributed by atoms with van der Waals surface area (Å²) in [6.07, 6.45) is -4.56. The number of ether oxygens (including phenoxy) is 6. The molecule has 3 saturated heterocycles. The topological polar surface area (TPSA) is 260 Å². The molecule has 4 aliphatic heterocycles. The molecule has 4 aliphatic rings. The highest BCUT2D eigenvalue weighted by molar-refractivity contribution is 8.14. The predicted molar refractivity (Wildman–Crippen MR) is 300 cm³/mol. The van der Waals surface area contributed by atoms with Crippen LogP contribution in [0.4, 0.5) is 4.39 Å². The number of aliphatic hydroxyl groups is 4. The lowest BCUT2D eigenvalue weighted by Gasteiger charge is -2.52. The van der Waals surface area contributed by atoms with Gasteiger partial charge in [0.15, 0.2) is 6.29 Å². The Morgan fingerprint density at radius 1 is 0.950 bits per heavy atom. The number of thioether (sulfide) groups is 1. The number of benzene rings is 1. The van der Waals surface area contributed by atoms with Crippen molar-refractivity contribution in [2.75, 3.05) is 53.1 Å². The zero-order chi connectivity index (χ0) is 59.4. The van der Waals surface area contributed by atoms with Crippen LogP contribution in [0.15, 0.2) is 35.5 Å². The molecule has 20 nitrogen and oxygen atoms in total. The van der Waals surface area contributed by atoms with Gasteiger partial charge in [-0.25, -0.2) is 9.07 Å². The minimum Gasteiger partial charge on any atom is -0.459 e. The molecule has 5 heterocycles. The third-order valence-electron chi connectivity index (χ3n) is 18.0. The number of likely N-dealkylation sites (N-methyl/N-ethyl adjacent to an activating group) is 1. The van der Waals surface area contributed by atoms with Crippen molar-refractivity contribution in [2.24, 2.45) is 34.6 Å². The molecule has 2 aromatic rings. The Kier molecular flexibility index (Phi) is 22.6. The van der Waals surface area contributed by atoms with E-state index in [1.54, 1.807) is 52.4 Å². The number of methoxy groups -OCH3 is 2. The summed E-state index contributed by atoms with van der Waals surface area (Å²) >= 11 is 1.53. The van der Waals surface area contributed by atoms with E-state index in [1.807, 2.05) is 63.9 Å². The molecule has 454 valence electrons. The van der Waals surface area contributed by atoms with E-state index in [9.17, 15) is 38.4 Å². The van der Waals surface area contributed by atoms with Crippen molar-refractivity contribution < 1.29 is 75.4 Å². The summed E-state index contributed by atoms with van der Waals surface area (Å²) in [7, 11) is 1.35. The maximum absolute atomic E-state index is 15.1. The minimum atomic E-state index is -3.57. The second-order valence-electron chi connectivity index (χ2n) is 23.9. The molecule has 0 aliphatic carbocycles. The maximum atomic E-state index is 15.1. The fraction of sp³-hybridized carbons (Fsp3) is 0.807. The van der Waals surface area contributed by atoms with E-state index in [1.165, 1.54) is 32.9 Å². The van der Waals surface area contributed by atoms with Crippen LogP contribution in [0, 0.1) is 29.6 Å². The Morgan fingerprint density at radius 2 is 1.61 bits per heavy atom. The summed E-state index contributed by atoms with van der Waals surface area (Å²) < 4.78 is 83.5. The molecular formula is C57H92FN5O15S2. The fourth-order valence-corrected chi connectivity index (χ4v) is 14.4. The largest absolute Gasteiger partial charge is 0.459 e. The smallest absolute Gasteiger partial charge is 0.309 e. The second kappa shape index (κ2) is 27.3. The zero-order valence-electron chi connectivity index (χ0n) is 49.6. The molecule has 6 rings (SSSR count). The number of carbonyl (C=O) groups is 2. The average molecular weight is 1170 g/mol. The summed E-state index contributed by atoms with van der Waals surface area (Å²) in [6.45, 7) is 19.0. The van der Waals surface area contributed by atoms with Crippen LogP contribution in [-0.2, 0) is 58.7 Å². The first-order valence-corrected chi connectivity index (χ1v) is 31.2. The number of nitrogens with zero attached hydrogens (tertiary/aromatic N) is 5. The van der Waals surface area contributed by atoms with Gasteiger partial charge in [0.25, 0.3) is 10.1 Å². The molecule has 21 atom stereocenters. The SMILES string of the molecule is CC[C@H](c1ccc(C2=N[C@H](COS(C)(=O)=O)CS2)cc1)[C@@H](CF)n1cc(CCN(C)[C@H]2C[C@@H](C)O[C@@H](O[C@@H]3[C@@H](C)[C@H](C4C[C@@](C)(OC)[C@@H](O)[C@H](C)O4)[C@@H](C)C(=O)O[C@H](CC)[C@@](C)(O)[C@H](O)[C@@H](C)C(=O)[C@H](C)C[C@@]3(C)OC)[C@@H]2O)nn1. The van der Waals surface area contributed by atoms with Crippen molar-refractivity contribution in [3.63, 3.8) is 0 Å². The molecule has 0 bridgehead atoms. The van der Waals surface area contributed by atoms with Gasteiger partial charge >= 0.3 is 5.97 Å². The summed E-state index contributed by atoms with van der Waals surface area (Å²) in [5.41, 5.74) is -1.98. The van der Waals surface area contributed by atoms with Crippen molar-refractivity contribution in [2.45, 2.75) is 211 Å². The van der Waals surface area contributed by atoms with Crippen LogP contribution in [0.1, 0.15) is 137 Å². The van der Waals surface area contributed by atoms with Gasteiger partial charge in [0, 0.05) is 80.8 Å². The number of rotatable bonds is 19. The van der Waals surface area contributed by atoms with Crippen LogP contribution in [-0.4, -0.2) is 203 Å². The first-order chi connectivity index (χ1) is 37.5. The zero-order valence-corrected chi connectivity index (χ0v) is 51.2. The lowest BCUT2D eigenvalue weighted by Crippen LogP contribution is -2.62.